The number of aliphatic hydroxyl groups excluding tert-OH is 1. The van der Waals surface area contributed by atoms with Crippen molar-refractivity contribution in [1.29, 1.82) is 0 Å². The maximum absolute atomic E-state index is 12.4. The molecule has 324 valence electrons. The number of ketones is 1. The van der Waals surface area contributed by atoms with Gasteiger partial charge in [-0.05, 0) is 57.8 Å². The number of Topliss-reactive ketones (excluding diaryl/α,β-unsaturated/α-hetero) is 1. The van der Waals surface area contributed by atoms with E-state index in [0.717, 1.165) is 57.8 Å². The summed E-state index contributed by atoms with van der Waals surface area (Å²) in [5.41, 5.74) is 0. The number of amides is 1. The van der Waals surface area contributed by atoms with Crippen LogP contribution < -0.4 is 5.32 Å². The molecule has 4 heteroatoms. The molecule has 0 aromatic heterocycles. The van der Waals surface area contributed by atoms with E-state index in [1.165, 1.54) is 199 Å². The van der Waals surface area contributed by atoms with Crippen LogP contribution in [0.15, 0.2) is 24.3 Å². The Morgan fingerprint density at radius 2 is 0.745 bits per heavy atom. The largest absolute Gasteiger partial charge is 0.394 e. The van der Waals surface area contributed by atoms with E-state index in [0.29, 0.717) is 12.2 Å². The zero-order valence-corrected chi connectivity index (χ0v) is 37.3. The van der Waals surface area contributed by atoms with E-state index < -0.39 is 0 Å². The summed E-state index contributed by atoms with van der Waals surface area (Å²) in [6, 6.07) is -0.0712. The summed E-state index contributed by atoms with van der Waals surface area (Å²) in [4.78, 5) is 24.6. The second-order valence-corrected chi connectivity index (χ2v) is 17.1. The molecule has 0 fully saturated rings. The van der Waals surface area contributed by atoms with Gasteiger partial charge in [-0.3, -0.25) is 9.59 Å². The third kappa shape index (κ3) is 45.2. The number of allylic oxidation sites excluding steroid dienone is 4. The number of hydrogen-bond donors (Lipinski definition) is 2. The highest BCUT2D eigenvalue weighted by molar-refractivity contribution is 5.78. The third-order valence-corrected chi connectivity index (χ3v) is 11.5. The molecule has 0 aromatic carbocycles. The summed E-state index contributed by atoms with van der Waals surface area (Å²) in [5, 5.41) is 12.8. The van der Waals surface area contributed by atoms with Gasteiger partial charge in [-0.25, -0.2) is 0 Å². The Hall–Kier alpha value is -1.42. The smallest absolute Gasteiger partial charge is 0.220 e. The van der Waals surface area contributed by atoms with E-state index in [9.17, 15) is 14.7 Å². The zero-order chi connectivity index (χ0) is 40.0. The first kappa shape index (κ1) is 53.6. The van der Waals surface area contributed by atoms with Crippen molar-refractivity contribution in [2.24, 2.45) is 0 Å². The number of aliphatic hydroxyl groups is 1. The second kappa shape index (κ2) is 47.0. The number of nitrogens with one attached hydrogen (secondary N) is 1. The van der Waals surface area contributed by atoms with Crippen LogP contribution in [0.5, 0.6) is 0 Å². The van der Waals surface area contributed by atoms with Crippen LogP contribution in [0.25, 0.3) is 0 Å². The van der Waals surface area contributed by atoms with E-state index in [-0.39, 0.29) is 18.6 Å². The summed E-state index contributed by atoms with van der Waals surface area (Å²) in [5.74, 6) is 0.599. The minimum Gasteiger partial charge on any atom is -0.394 e. The van der Waals surface area contributed by atoms with Crippen molar-refractivity contribution >= 4 is 11.7 Å². The lowest BCUT2D eigenvalue weighted by Crippen LogP contribution is -2.37. The van der Waals surface area contributed by atoms with Crippen LogP contribution in [-0.4, -0.2) is 29.4 Å². The molecule has 1 atom stereocenters. The van der Waals surface area contributed by atoms with Gasteiger partial charge in [0.25, 0.3) is 0 Å². The molecule has 0 aromatic rings. The molecule has 0 heterocycles. The summed E-state index contributed by atoms with van der Waals surface area (Å²) in [6.07, 6.45) is 59.6. The lowest BCUT2D eigenvalue weighted by Gasteiger charge is -2.16. The minimum absolute atomic E-state index is 0.0566. The molecule has 0 rings (SSSR count). The van der Waals surface area contributed by atoms with Gasteiger partial charge in [0.15, 0.2) is 0 Å². The Bertz CT molecular complexity index is 836. The number of rotatable bonds is 46. The van der Waals surface area contributed by atoms with E-state index in [2.05, 4.69) is 43.5 Å². The Balaban J connectivity index is 3.40. The van der Waals surface area contributed by atoms with Crippen LogP contribution in [-0.2, 0) is 9.59 Å². The molecule has 0 spiro atoms. The fourth-order valence-corrected chi connectivity index (χ4v) is 7.73. The van der Waals surface area contributed by atoms with Crippen molar-refractivity contribution in [2.75, 3.05) is 6.61 Å². The van der Waals surface area contributed by atoms with Gasteiger partial charge < -0.3 is 10.4 Å². The molecule has 1 amide bonds. The van der Waals surface area contributed by atoms with E-state index in [1.54, 1.807) is 0 Å². The van der Waals surface area contributed by atoms with E-state index >= 15 is 0 Å². The molecule has 0 radical (unpaired) electrons. The Labute approximate surface area is 344 Å². The van der Waals surface area contributed by atoms with Gasteiger partial charge >= 0.3 is 0 Å². The van der Waals surface area contributed by atoms with Gasteiger partial charge in [0.05, 0.1) is 12.6 Å². The number of carbonyl (C=O) groups excluding carboxylic acids is 2. The quantitative estimate of drug-likeness (QED) is 0.0478. The average Bonchev–Trinajstić information content (AvgIpc) is 3.19. The normalized spacial score (nSPS) is 12.3. The number of carbonyl (C=O) groups is 2. The Morgan fingerprint density at radius 3 is 1.16 bits per heavy atom. The van der Waals surface area contributed by atoms with Crippen LogP contribution in [0, 0.1) is 0 Å². The summed E-state index contributed by atoms with van der Waals surface area (Å²) in [7, 11) is 0. The highest BCUT2D eigenvalue weighted by Crippen LogP contribution is 2.16. The molecule has 0 aliphatic heterocycles. The SMILES string of the molecule is CCCCC/C=C\C/C=C\CCCCCCCC(=O)CCCCCCCCCCCCCCC(=O)NC(CO)CCCCCCCCCCCCCCCC. The van der Waals surface area contributed by atoms with Crippen LogP contribution in [0.3, 0.4) is 0 Å². The monoisotopic (exact) mass is 772 g/mol. The van der Waals surface area contributed by atoms with Crippen LogP contribution in [0.2, 0.25) is 0 Å². The molecule has 0 saturated carbocycles. The molecule has 1 unspecified atom stereocenters. The molecule has 0 bridgehead atoms. The molecule has 0 saturated heterocycles. The maximum atomic E-state index is 12.4. The number of unbranched alkanes of at least 4 members (excludes halogenated alkanes) is 32. The first-order chi connectivity index (χ1) is 27.1. The summed E-state index contributed by atoms with van der Waals surface area (Å²) in [6.45, 7) is 4.59. The lowest BCUT2D eigenvalue weighted by atomic mass is 10.0. The van der Waals surface area contributed by atoms with Crippen molar-refractivity contribution in [2.45, 2.75) is 283 Å². The van der Waals surface area contributed by atoms with Crippen molar-refractivity contribution in [3.8, 4) is 0 Å². The molecular formula is C51H97NO3. The minimum atomic E-state index is -0.0712. The lowest BCUT2D eigenvalue weighted by molar-refractivity contribution is -0.122. The molecule has 0 aliphatic rings. The second-order valence-electron chi connectivity index (χ2n) is 17.1. The van der Waals surface area contributed by atoms with Gasteiger partial charge in [0.2, 0.25) is 5.91 Å². The topological polar surface area (TPSA) is 66.4 Å². The molecule has 0 aliphatic carbocycles. The van der Waals surface area contributed by atoms with Crippen molar-refractivity contribution in [3.63, 3.8) is 0 Å². The third-order valence-electron chi connectivity index (χ3n) is 11.5. The fraction of sp³-hybridized carbons (Fsp3) is 0.882. The van der Waals surface area contributed by atoms with Gasteiger partial charge in [-0.1, -0.05) is 224 Å². The number of hydrogen-bond acceptors (Lipinski definition) is 3. The van der Waals surface area contributed by atoms with Crippen LogP contribution >= 0.6 is 0 Å². The molecular weight excluding hydrogens is 675 g/mol. The highest BCUT2D eigenvalue weighted by atomic mass is 16.3. The zero-order valence-electron chi connectivity index (χ0n) is 37.3. The van der Waals surface area contributed by atoms with E-state index in [1.807, 2.05) is 0 Å². The van der Waals surface area contributed by atoms with Crippen molar-refractivity contribution in [1.82, 2.24) is 5.32 Å². The Morgan fingerprint density at radius 1 is 0.418 bits per heavy atom. The Kier molecular flexibility index (Phi) is 45.7. The average molecular weight is 772 g/mol. The first-order valence-electron chi connectivity index (χ1n) is 24.9. The maximum Gasteiger partial charge on any atom is 0.220 e. The van der Waals surface area contributed by atoms with Crippen LogP contribution in [0.1, 0.15) is 277 Å². The summed E-state index contributed by atoms with van der Waals surface area (Å²) >= 11 is 0. The van der Waals surface area contributed by atoms with Crippen LogP contribution in [0.4, 0.5) is 0 Å². The predicted octanol–water partition coefficient (Wildman–Crippen LogP) is 16.2. The van der Waals surface area contributed by atoms with E-state index in [4.69, 9.17) is 0 Å². The highest BCUT2D eigenvalue weighted by Gasteiger charge is 2.11. The fourth-order valence-electron chi connectivity index (χ4n) is 7.73. The predicted molar refractivity (Wildman–Crippen MR) is 243 cm³/mol. The van der Waals surface area contributed by atoms with Gasteiger partial charge in [-0.15, -0.1) is 0 Å². The summed E-state index contributed by atoms with van der Waals surface area (Å²) < 4.78 is 0. The first-order valence-corrected chi connectivity index (χ1v) is 24.9. The standard InChI is InChI=1S/C51H97NO3/c1-3-5-7-9-11-13-15-17-19-21-25-29-33-37-41-45-50(54)46-42-38-34-30-26-22-23-27-31-35-39-43-47-51(55)52-49(48-53)44-40-36-32-28-24-20-18-16-14-12-10-8-6-4-2/h11,13,17,19,49,53H,3-10,12,14-16,18,20-48H2,1-2H3,(H,52,55)/b13-11-,19-17-. The molecule has 55 heavy (non-hydrogen) atoms. The molecule has 4 nitrogen and oxygen atoms in total. The van der Waals surface area contributed by atoms with Crippen molar-refractivity contribution in [3.05, 3.63) is 24.3 Å². The van der Waals surface area contributed by atoms with Gasteiger partial charge in [0.1, 0.15) is 5.78 Å². The van der Waals surface area contributed by atoms with Crippen molar-refractivity contribution < 1.29 is 14.7 Å². The van der Waals surface area contributed by atoms with Gasteiger partial charge in [0, 0.05) is 19.3 Å². The van der Waals surface area contributed by atoms with Gasteiger partial charge in [-0.2, -0.15) is 0 Å². The molecule has 2 N–H and O–H groups in total.